The Balaban J connectivity index is 2.26. The van der Waals surface area contributed by atoms with Gasteiger partial charge in [-0.3, -0.25) is 0 Å². The number of aryl methyl sites for hydroxylation is 1. The van der Waals surface area contributed by atoms with Crippen LogP contribution in [0.2, 0.25) is 0 Å². The summed E-state index contributed by atoms with van der Waals surface area (Å²) in [4.78, 5) is 6.77. The van der Waals surface area contributed by atoms with Gasteiger partial charge in [0.1, 0.15) is 5.52 Å². The largest absolute Gasteiger partial charge is 0.239 e. The van der Waals surface area contributed by atoms with Gasteiger partial charge in [-0.15, -0.1) is 10.2 Å². The topological polar surface area (TPSA) is 105 Å². The molecule has 19 heavy (non-hydrogen) atoms. The van der Waals surface area contributed by atoms with E-state index in [1.807, 2.05) is 37.3 Å². The van der Waals surface area contributed by atoms with Crippen molar-refractivity contribution in [2.24, 2.45) is 5.11 Å². The third kappa shape index (κ3) is 1.85. The summed E-state index contributed by atoms with van der Waals surface area (Å²) in [5.41, 5.74) is 11.0. The minimum atomic E-state index is -0.00860. The van der Waals surface area contributed by atoms with E-state index in [1.165, 1.54) is 0 Å². The molecular formula is C11H8N8. The molecule has 0 aliphatic rings. The number of hydrogen-bond acceptors (Lipinski definition) is 5. The van der Waals surface area contributed by atoms with E-state index in [2.05, 4.69) is 30.3 Å². The van der Waals surface area contributed by atoms with Gasteiger partial charge in [-0.1, -0.05) is 18.2 Å². The van der Waals surface area contributed by atoms with E-state index in [4.69, 9.17) is 5.53 Å². The van der Waals surface area contributed by atoms with Crippen molar-refractivity contribution in [3.63, 3.8) is 0 Å². The fourth-order valence-corrected chi connectivity index (χ4v) is 1.77. The Morgan fingerprint density at radius 3 is 2.74 bits per heavy atom. The first kappa shape index (κ1) is 11.1. The highest BCUT2D eigenvalue weighted by Crippen LogP contribution is 2.19. The first-order valence-electron chi connectivity index (χ1n) is 5.50. The van der Waals surface area contributed by atoms with E-state index in [1.54, 1.807) is 4.68 Å². The predicted octanol–water partition coefficient (Wildman–Crippen LogP) is 2.46. The van der Waals surface area contributed by atoms with Crippen molar-refractivity contribution in [1.82, 2.24) is 25.0 Å². The van der Waals surface area contributed by atoms with Crippen molar-refractivity contribution in [2.75, 3.05) is 0 Å². The molecule has 3 rings (SSSR count). The van der Waals surface area contributed by atoms with Gasteiger partial charge in [0.05, 0.1) is 11.4 Å². The molecule has 0 aliphatic heterocycles. The molecule has 1 aromatic carbocycles. The molecule has 0 saturated heterocycles. The molecule has 0 bridgehead atoms. The predicted molar refractivity (Wildman–Crippen MR) is 68.0 cm³/mol. The summed E-state index contributed by atoms with van der Waals surface area (Å²) in [5.74, 6) is -0.00860. The van der Waals surface area contributed by atoms with E-state index in [0.29, 0.717) is 16.9 Å². The number of fused-ring (bicyclic) bond motifs is 1. The Labute approximate surface area is 107 Å². The lowest BCUT2D eigenvalue weighted by Gasteiger charge is -2.00. The summed E-state index contributed by atoms with van der Waals surface area (Å²) in [7, 11) is 0. The first-order valence-corrected chi connectivity index (χ1v) is 5.50. The number of para-hydroxylation sites is 1. The zero-order valence-electron chi connectivity index (χ0n) is 9.96. The highest BCUT2D eigenvalue weighted by Gasteiger charge is 2.12. The molecule has 0 aliphatic carbocycles. The monoisotopic (exact) mass is 252 g/mol. The quantitative estimate of drug-likeness (QED) is 0.396. The fourth-order valence-electron chi connectivity index (χ4n) is 1.77. The summed E-state index contributed by atoms with van der Waals surface area (Å²) in [6.45, 7) is 1.82. The van der Waals surface area contributed by atoms with E-state index < -0.39 is 0 Å². The fraction of sp³-hybridized carbons (Fsp3) is 0.0909. The maximum atomic E-state index is 8.37. The number of azide groups is 1. The van der Waals surface area contributed by atoms with Crippen molar-refractivity contribution >= 4 is 17.1 Å². The Morgan fingerprint density at radius 1 is 1.21 bits per heavy atom. The number of nitrogens with zero attached hydrogens (tertiary/aromatic N) is 8. The average Bonchev–Trinajstić information content (AvgIpc) is 2.78. The van der Waals surface area contributed by atoms with Gasteiger partial charge in [-0.2, -0.15) is 5.10 Å². The second-order valence-electron chi connectivity index (χ2n) is 3.81. The van der Waals surface area contributed by atoms with Crippen molar-refractivity contribution in [2.45, 2.75) is 6.92 Å². The first-order chi connectivity index (χ1) is 9.29. The van der Waals surface area contributed by atoms with Gasteiger partial charge in [0, 0.05) is 4.91 Å². The van der Waals surface area contributed by atoms with Crippen LogP contribution in [0.5, 0.6) is 0 Å². The molecule has 0 atom stereocenters. The molecule has 8 nitrogen and oxygen atoms in total. The Bertz CT molecular complexity index is 785. The minimum absolute atomic E-state index is 0.00860. The number of rotatable bonds is 2. The van der Waals surface area contributed by atoms with E-state index in [0.717, 1.165) is 5.69 Å². The van der Waals surface area contributed by atoms with Gasteiger partial charge in [0.2, 0.25) is 11.6 Å². The Morgan fingerprint density at radius 2 is 2.00 bits per heavy atom. The third-order valence-electron chi connectivity index (χ3n) is 2.59. The maximum Gasteiger partial charge on any atom is 0.239 e. The zero-order valence-corrected chi connectivity index (χ0v) is 9.96. The van der Waals surface area contributed by atoms with E-state index >= 15 is 0 Å². The lowest BCUT2D eigenvalue weighted by Crippen LogP contribution is -1.98. The van der Waals surface area contributed by atoms with Crippen molar-refractivity contribution in [3.8, 4) is 5.69 Å². The van der Waals surface area contributed by atoms with Gasteiger partial charge in [-0.05, 0) is 29.7 Å². The molecule has 0 radical (unpaired) electrons. The molecule has 0 saturated carbocycles. The van der Waals surface area contributed by atoms with Crippen LogP contribution in [0.25, 0.3) is 27.3 Å². The third-order valence-corrected chi connectivity index (χ3v) is 2.59. The molecule has 92 valence electrons. The van der Waals surface area contributed by atoms with Crippen LogP contribution < -0.4 is 0 Å². The van der Waals surface area contributed by atoms with Gasteiger partial charge < -0.3 is 0 Å². The molecule has 0 amide bonds. The molecule has 0 N–H and O–H groups in total. The van der Waals surface area contributed by atoms with Crippen LogP contribution in [0, 0.1) is 6.92 Å². The SMILES string of the molecule is Cc1nn(-c2ccccc2)c2nnc(N=[N+]=[N-])nc12. The van der Waals surface area contributed by atoms with Gasteiger partial charge in [0.25, 0.3) is 0 Å². The highest BCUT2D eigenvalue weighted by atomic mass is 15.4. The van der Waals surface area contributed by atoms with Crippen molar-refractivity contribution in [3.05, 3.63) is 46.5 Å². The van der Waals surface area contributed by atoms with E-state index in [-0.39, 0.29) is 5.95 Å². The normalized spacial score (nSPS) is 10.4. The van der Waals surface area contributed by atoms with Crippen LogP contribution in [0.15, 0.2) is 35.4 Å². The second-order valence-corrected chi connectivity index (χ2v) is 3.81. The smallest absolute Gasteiger partial charge is 0.220 e. The Hall–Kier alpha value is -2.99. The molecule has 2 aromatic heterocycles. The van der Waals surface area contributed by atoms with Crippen LogP contribution in [0.4, 0.5) is 5.95 Å². The van der Waals surface area contributed by atoms with Crippen LogP contribution in [-0.2, 0) is 0 Å². The van der Waals surface area contributed by atoms with Gasteiger partial charge in [-0.25, -0.2) is 9.67 Å². The summed E-state index contributed by atoms with van der Waals surface area (Å²) in [6, 6.07) is 9.57. The van der Waals surface area contributed by atoms with Crippen LogP contribution in [-0.4, -0.2) is 25.0 Å². The lowest BCUT2D eigenvalue weighted by molar-refractivity contribution is 0.862. The molecule has 8 heteroatoms. The number of hydrogen-bond donors (Lipinski definition) is 0. The molecule has 3 aromatic rings. The number of benzene rings is 1. The van der Waals surface area contributed by atoms with Gasteiger partial charge >= 0.3 is 0 Å². The average molecular weight is 252 g/mol. The molecular weight excluding hydrogens is 244 g/mol. The molecule has 2 heterocycles. The van der Waals surface area contributed by atoms with Crippen LogP contribution in [0.1, 0.15) is 5.69 Å². The summed E-state index contributed by atoms with van der Waals surface area (Å²) < 4.78 is 1.66. The number of aromatic nitrogens is 5. The van der Waals surface area contributed by atoms with Crippen molar-refractivity contribution < 1.29 is 0 Å². The summed E-state index contributed by atoms with van der Waals surface area (Å²) in [5, 5.41) is 15.5. The maximum absolute atomic E-state index is 8.37. The standard InChI is InChI=1S/C11H8N8/c1-7-9-10(14-15-11(13-9)16-18-12)19(17-7)8-5-3-2-4-6-8/h2-6H,1H3. The zero-order chi connectivity index (χ0) is 13.2. The lowest BCUT2D eigenvalue weighted by atomic mass is 10.3. The summed E-state index contributed by atoms with van der Waals surface area (Å²) in [6.07, 6.45) is 0. The Kier molecular flexibility index (Phi) is 2.55. The molecule has 0 spiro atoms. The van der Waals surface area contributed by atoms with Crippen LogP contribution >= 0.6 is 0 Å². The summed E-state index contributed by atoms with van der Waals surface area (Å²) >= 11 is 0. The van der Waals surface area contributed by atoms with E-state index in [9.17, 15) is 0 Å². The minimum Gasteiger partial charge on any atom is -0.220 e. The second kappa shape index (κ2) is 4.35. The van der Waals surface area contributed by atoms with Crippen LogP contribution in [0.3, 0.4) is 0 Å². The molecule has 0 fully saturated rings. The molecule has 0 unspecified atom stereocenters. The van der Waals surface area contributed by atoms with Crippen molar-refractivity contribution in [1.29, 1.82) is 0 Å². The highest BCUT2D eigenvalue weighted by molar-refractivity contribution is 5.75. The van der Waals surface area contributed by atoms with Gasteiger partial charge in [0.15, 0.2) is 0 Å².